The summed E-state index contributed by atoms with van der Waals surface area (Å²) in [5.41, 5.74) is 0. The van der Waals surface area contributed by atoms with E-state index in [0.717, 1.165) is 6.42 Å². The van der Waals surface area contributed by atoms with Gasteiger partial charge in [-0.15, -0.1) is 0 Å². The molecule has 0 radical (unpaired) electrons. The molecule has 0 bridgehead atoms. The number of hydrogen-bond acceptors (Lipinski definition) is 2. The summed E-state index contributed by atoms with van der Waals surface area (Å²) in [6.07, 6.45) is 1.49. The summed E-state index contributed by atoms with van der Waals surface area (Å²) < 4.78 is 4.79. The van der Waals surface area contributed by atoms with E-state index in [1.165, 1.54) is 0 Å². The lowest BCUT2D eigenvalue weighted by atomic mass is 10.1. The van der Waals surface area contributed by atoms with Gasteiger partial charge in [-0.3, -0.25) is 4.79 Å². The Morgan fingerprint density at radius 2 is 2.18 bits per heavy atom. The second-order valence-corrected chi connectivity index (χ2v) is 2.89. The van der Waals surface area contributed by atoms with Crippen LogP contribution in [-0.2, 0) is 9.53 Å². The van der Waals surface area contributed by atoms with E-state index >= 15 is 0 Å². The Hall–Kier alpha value is -0.790. The van der Waals surface area contributed by atoms with Gasteiger partial charge in [-0.25, -0.2) is 0 Å². The van der Waals surface area contributed by atoms with Gasteiger partial charge in [0, 0.05) is 6.42 Å². The predicted octanol–water partition coefficient (Wildman–Crippen LogP) is 2.50. The highest BCUT2D eigenvalue weighted by atomic mass is 16.5. The van der Waals surface area contributed by atoms with E-state index in [1.807, 2.05) is 6.92 Å². The van der Waals surface area contributed by atoms with Crippen molar-refractivity contribution in [2.75, 3.05) is 0 Å². The molecule has 0 aromatic carbocycles. The molecule has 0 heterocycles. The Labute approximate surface area is 68.2 Å². The molecular formula is C9H16O2. The molecule has 0 aliphatic heterocycles. The fraction of sp³-hybridized carbons (Fsp3) is 0.667. The summed E-state index contributed by atoms with van der Waals surface area (Å²) in [4.78, 5) is 10.9. The van der Waals surface area contributed by atoms with Crippen LogP contribution in [0.5, 0.6) is 0 Å². The number of hydrogen-bond donors (Lipinski definition) is 0. The van der Waals surface area contributed by atoms with E-state index in [4.69, 9.17) is 4.74 Å². The number of ether oxygens (including phenoxy) is 1. The van der Waals surface area contributed by atoms with Gasteiger partial charge in [0.1, 0.15) is 0 Å². The first-order valence-electron chi connectivity index (χ1n) is 3.92. The van der Waals surface area contributed by atoms with Crippen molar-refractivity contribution in [1.82, 2.24) is 0 Å². The molecule has 11 heavy (non-hydrogen) atoms. The van der Waals surface area contributed by atoms with E-state index in [0.29, 0.717) is 18.1 Å². The molecule has 2 heteroatoms. The predicted molar refractivity (Wildman–Crippen MR) is 45.0 cm³/mol. The lowest BCUT2D eigenvalue weighted by Gasteiger charge is -2.07. The van der Waals surface area contributed by atoms with Gasteiger partial charge in [0.05, 0.1) is 5.76 Å². The largest absolute Gasteiger partial charge is 0.432 e. The second-order valence-electron chi connectivity index (χ2n) is 2.89. The summed E-state index contributed by atoms with van der Waals surface area (Å²) in [7, 11) is 0. The molecule has 1 unspecified atom stereocenters. The van der Waals surface area contributed by atoms with Crippen LogP contribution in [0, 0.1) is 5.92 Å². The Morgan fingerprint density at radius 3 is 2.55 bits per heavy atom. The maximum Gasteiger partial charge on any atom is 0.311 e. The fourth-order valence-corrected chi connectivity index (χ4v) is 0.665. The molecule has 0 fully saturated rings. The lowest BCUT2D eigenvalue weighted by molar-refractivity contribution is -0.140. The molecule has 0 rings (SSSR count). The zero-order valence-corrected chi connectivity index (χ0v) is 7.52. The van der Waals surface area contributed by atoms with Gasteiger partial charge >= 0.3 is 5.97 Å². The average molecular weight is 156 g/mol. The van der Waals surface area contributed by atoms with E-state index in [1.54, 1.807) is 6.92 Å². The third kappa shape index (κ3) is 5.64. The molecule has 0 aliphatic rings. The molecule has 0 saturated heterocycles. The third-order valence-electron chi connectivity index (χ3n) is 1.50. The molecule has 0 aromatic rings. The Kier molecular flexibility index (Phi) is 4.59. The normalized spacial score (nSPS) is 12.3. The molecule has 1 atom stereocenters. The minimum Gasteiger partial charge on any atom is -0.432 e. The molecule has 0 N–H and O–H groups in total. The fourth-order valence-electron chi connectivity index (χ4n) is 0.665. The topological polar surface area (TPSA) is 26.3 Å². The smallest absolute Gasteiger partial charge is 0.311 e. The zero-order valence-electron chi connectivity index (χ0n) is 7.52. The van der Waals surface area contributed by atoms with Gasteiger partial charge in [-0.1, -0.05) is 26.8 Å². The van der Waals surface area contributed by atoms with Gasteiger partial charge in [0.2, 0.25) is 0 Å². The second kappa shape index (κ2) is 4.94. The quantitative estimate of drug-likeness (QED) is 0.461. The van der Waals surface area contributed by atoms with E-state index in [2.05, 4.69) is 13.5 Å². The number of rotatable bonds is 4. The van der Waals surface area contributed by atoms with Crippen LogP contribution in [0.3, 0.4) is 0 Å². The van der Waals surface area contributed by atoms with Crippen LogP contribution in [0.25, 0.3) is 0 Å². The first-order chi connectivity index (χ1) is 5.06. The zero-order chi connectivity index (χ0) is 8.85. The molecular weight excluding hydrogens is 140 g/mol. The minimum atomic E-state index is -0.174. The molecule has 0 saturated carbocycles. The highest BCUT2D eigenvalue weighted by Gasteiger charge is 2.07. The van der Waals surface area contributed by atoms with Crippen molar-refractivity contribution >= 4 is 5.97 Å². The van der Waals surface area contributed by atoms with Gasteiger partial charge in [0.25, 0.3) is 0 Å². The van der Waals surface area contributed by atoms with Crippen molar-refractivity contribution in [2.24, 2.45) is 5.92 Å². The van der Waals surface area contributed by atoms with Crippen LogP contribution in [0.4, 0.5) is 0 Å². The van der Waals surface area contributed by atoms with Crippen LogP contribution in [0.2, 0.25) is 0 Å². The number of allylic oxidation sites excluding steroid dienone is 1. The van der Waals surface area contributed by atoms with Crippen LogP contribution in [0.15, 0.2) is 12.3 Å². The van der Waals surface area contributed by atoms with E-state index in [9.17, 15) is 4.79 Å². The maximum absolute atomic E-state index is 10.9. The monoisotopic (exact) mass is 156 g/mol. The molecule has 2 nitrogen and oxygen atoms in total. The van der Waals surface area contributed by atoms with Crippen molar-refractivity contribution in [3.05, 3.63) is 12.3 Å². The maximum atomic E-state index is 10.9. The van der Waals surface area contributed by atoms with Gasteiger partial charge in [-0.2, -0.15) is 0 Å². The minimum absolute atomic E-state index is 0.174. The molecule has 0 amide bonds. The highest BCUT2D eigenvalue weighted by Crippen LogP contribution is 2.08. The van der Waals surface area contributed by atoms with Crippen LogP contribution < -0.4 is 0 Å². The van der Waals surface area contributed by atoms with E-state index < -0.39 is 0 Å². The summed E-state index contributed by atoms with van der Waals surface area (Å²) >= 11 is 0. The van der Waals surface area contributed by atoms with E-state index in [-0.39, 0.29) is 5.97 Å². The Bertz CT molecular complexity index is 150. The van der Waals surface area contributed by atoms with Gasteiger partial charge in [0.15, 0.2) is 0 Å². The number of esters is 1. The van der Waals surface area contributed by atoms with Crippen molar-refractivity contribution < 1.29 is 9.53 Å². The summed E-state index contributed by atoms with van der Waals surface area (Å²) in [5, 5.41) is 0. The average Bonchev–Trinajstić information content (AvgIpc) is 1.85. The molecule has 0 aliphatic carbocycles. The number of carbonyl (C=O) groups excluding carboxylic acids is 1. The van der Waals surface area contributed by atoms with Crippen LogP contribution in [-0.4, -0.2) is 5.97 Å². The van der Waals surface area contributed by atoms with Crippen LogP contribution >= 0.6 is 0 Å². The third-order valence-corrected chi connectivity index (χ3v) is 1.50. The standard InChI is InChI=1S/C9H16O2/c1-5-8(4)6-9(10)11-7(2)3/h8H,2,5-6H2,1,3-4H3. The van der Waals surface area contributed by atoms with Gasteiger partial charge in [-0.05, 0) is 12.8 Å². The first-order valence-corrected chi connectivity index (χ1v) is 3.92. The Balaban J connectivity index is 3.60. The Morgan fingerprint density at radius 1 is 1.64 bits per heavy atom. The van der Waals surface area contributed by atoms with Crippen molar-refractivity contribution in [1.29, 1.82) is 0 Å². The summed E-state index contributed by atoms with van der Waals surface area (Å²) in [6.45, 7) is 9.24. The summed E-state index contributed by atoms with van der Waals surface area (Å²) in [6, 6.07) is 0. The molecule has 0 spiro atoms. The SMILES string of the molecule is C=C(C)OC(=O)CC(C)CC. The molecule has 0 aromatic heterocycles. The number of carbonyl (C=O) groups is 1. The van der Waals surface area contributed by atoms with Gasteiger partial charge < -0.3 is 4.74 Å². The van der Waals surface area contributed by atoms with Crippen molar-refractivity contribution in [2.45, 2.75) is 33.6 Å². The van der Waals surface area contributed by atoms with Crippen molar-refractivity contribution in [3.8, 4) is 0 Å². The lowest BCUT2D eigenvalue weighted by Crippen LogP contribution is -2.07. The van der Waals surface area contributed by atoms with Crippen molar-refractivity contribution in [3.63, 3.8) is 0 Å². The summed E-state index contributed by atoms with van der Waals surface area (Å²) in [5.74, 6) is 0.701. The molecule has 64 valence electrons. The highest BCUT2D eigenvalue weighted by molar-refractivity contribution is 5.70. The van der Waals surface area contributed by atoms with Crippen LogP contribution in [0.1, 0.15) is 33.6 Å². The first kappa shape index (κ1) is 10.2.